The van der Waals surface area contributed by atoms with Gasteiger partial charge in [0.05, 0.1) is 15.1 Å². The Balaban J connectivity index is 1.41. The monoisotopic (exact) mass is 484 g/mol. The number of rotatable bonds is 4. The lowest BCUT2D eigenvalue weighted by molar-refractivity contribution is 0.102. The highest BCUT2D eigenvalue weighted by molar-refractivity contribution is 7.89. The van der Waals surface area contributed by atoms with Crippen LogP contribution in [0.4, 0.5) is 5.13 Å². The standard InChI is InChI=1S/C22H20N4O5S2/c1-25-8-10-26(11-9-25)33(29,30)15-6-7-17-19(13-15)32-22(23-17)24-20(27)16-12-14-4-2-3-5-18(14)31-21(16)28/h2-7,12-13H,8-11H2,1H3,(H,23,24,27). The molecule has 2 aromatic heterocycles. The van der Waals surface area contributed by atoms with Gasteiger partial charge in [0.15, 0.2) is 5.13 Å². The van der Waals surface area contributed by atoms with Crippen molar-refractivity contribution >= 4 is 53.6 Å². The predicted molar refractivity (Wildman–Crippen MR) is 126 cm³/mol. The molecule has 0 atom stereocenters. The molecule has 1 fully saturated rings. The molecule has 0 spiro atoms. The smallest absolute Gasteiger partial charge is 0.349 e. The van der Waals surface area contributed by atoms with Crippen molar-refractivity contribution in [2.75, 3.05) is 38.5 Å². The first-order valence-electron chi connectivity index (χ1n) is 10.2. The molecule has 4 aromatic rings. The summed E-state index contributed by atoms with van der Waals surface area (Å²) in [6.07, 6.45) is 0. The van der Waals surface area contributed by atoms with Crippen LogP contribution in [0.2, 0.25) is 0 Å². The van der Waals surface area contributed by atoms with Crippen molar-refractivity contribution < 1.29 is 17.6 Å². The van der Waals surface area contributed by atoms with Gasteiger partial charge in [-0.1, -0.05) is 29.5 Å². The molecule has 170 valence electrons. The molecule has 0 radical (unpaired) electrons. The minimum atomic E-state index is -3.62. The zero-order valence-electron chi connectivity index (χ0n) is 17.6. The third-order valence-corrected chi connectivity index (χ3v) is 8.39. The average molecular weight is 485 g/mol. The van der Waals surface area contributed by atoms with E-state index in [-0.39, 0.29) is 15.6 Å². The van der Waals surface area contributed by atoms with E-state index in [0.717, 1.165) is 11.3 Å². The summed E-state index contributed by atoms with van der Waals surface area (Å²) in [6, 6.07) is 13.1. The molecule has 1 aliphatic rings. The van der Waals surface area contributed by atoms with Crippen LogP contribution in [0.15, 0.2) is 62.6 Å². The lowest BCUT2D eigenvalue weighted by Crippen LogP contribution is -2.46. The second kappa shape index (κ2) is 8.34. The summed E-state index contributed by atoms with van der Waals surface area (Å²) in [5.41, 5.74) is 0.0745. The van der Waals surface area contributed by atoms with E-state index < -0.39 is 21.6 Å². The van der Waals surface area contributed by atoms with Crippen molar-refractivity contribution in [1.29, 1.82) is 0 Å². The molecule has 2 aromatic carbocycles. The highest BCUT2D eigenvalue weighted by atomic mass is 32.2. The first-order chi connectivity index (χ1) is 15.8. The van der Waals surface area contributed by atoms with Crippen LogP contribution in [0, 0.1) is 0 Å². The molecule has 0 aliphatic carbocycles. The van der Waals surface area contributed by atoms with E-state index >= 15 is 0 Å². The van der Waals surface area contributed by atoms with Gasteiger partial charge in [-0.2, -0.15) is 4.31 Å². The third-order valence-electron chi connectivity index (χ3n) is 5.57. The van der Waals surface area contributed by atoms with Crippen molar-refractivity contribution in [1.82, 2.24) is 14.2 Å². The molecule has 1 aliphatic heterocycles. The largest absolute Gasteiger partial charge is 0.422 e. The number of piperazine rings is 1. The van der Waals surface area contributed by atoms with Crippen LogP contribution in [-0.2, 0) is 10.0 Å². The fraction of sp³-hybridized carbons (Fsp3) is 0.227. The van der Waals surface area contributed by atoms with Crippen LogP contribution >= 0.6 is 11.3 Å². The van der Waals surface area contributed by atoms with Crippen LogP contribution in [0.3, 0.4) is 0 Å². The summed E-state index contributed by atoms with van der Waals surface area (Å²) in [5.74, 6) is -0.640. The van der Waals surface area contributed by atoms with Gasteiger partial charge in [0.2, 0.25) is 10.0 Å². The molecule has 9 nitrogen and oxygen atoms in total. The maximum absolute atomic E-state index is 13.0. The number of benzene rings is 2. The number of para-hydroxylation sites is 1. The van der Waals surface area contributed by atoms with Gasteiger partial charge in [0.25, 0.3) is 5.91 Å². The molecular weight excluding hydrogens is 464 g/mol. The second-order valence-corrected chi connectivity index (χ2v) is 10.8. The molecule has 1 amide bonds. The molecule has 33 heavy (non-hydrogen) atoms. The number of hydrogen-bond acceptors (Lipinski definition) is 8. The molecule has 3 heterocycles. The minimum Gasteiger partial charge on any atom is -0.422 e. The quantitative estimate of drug-likeness (QED) is 0.443. The van der Waals surface area contributed by atoms with Crippen LogP contribution in [0.25, 0.3) is 21.2 Å². The van der Waals surface area contributed by atoms with Gasteiger partial charge < -0.3 is 9.32 Å². The first-order valence-corrected chi connectivity index (χ1v) is 12.5. The molecule has 5 rings (SSSR count). The number of hydrogen-bond donors (Lipinski definition) is 1. The third kappa shape index (κ3) is 4.15. The van der Waals surface area contributed by atoms with Crippen LogP contribution in [0.5, 0.6) is 0 Å². The van der Waals surface area contributed by atoms with Gasteiger partial charge in [-0.15, -0.1) is 0 Å². The summed E-state index contributed by atoms with van der Waals surface area (Å²) >= 11 is 1.14. The number of carbonyl (C=O) groups is 1. The lowest BCUT2D eigenvalue weighted by Gasteiger charge is -2.31. The van der Waals surface area contributed by atoms with E-state index in [2.05, 4.69) is 15.2 Å². The summed E-state index contributed by atoms with van der Waals surface area (Å²) in [5, 5.41) is 3.51. The average Bonchev–Trinajstić information content (AvgIpc) is 3.20. The van der Waals surface area contributed by atoms with Crippen LogP contribution in [-0.4, -0.2) is 61.7 Å². The number of nitrogens with one attached hydrogen (secondary N) is 1. The zero-order chi connectivity index (χ0) is 23.2. The number of thiazole rings is 1. The number of anilines is 1. The Labute approximate surface area is 193 Å². The Hall–Kier alpha value is -3.12. The number of amides is 1. The highest BCUT2D eigenvalue weighted by Crippen LogP contribution is 2.30. The number of carbonyl (C=O) groups excluding carboxylic acids is 1. The number of nitrogens with zero attached hydrogens (tertiary/aromatic N) is 3. The van der Waals surface area contributed by atoms with Crippen LogP contribution < -0.4 is 10.9 Å². The van der Waals surface area contributed by atoms with E-state index in [1.165, 1.54) is 16.4 Å². The fourth-order valence-electron chi connectivity index (χ4n) is 3.68. The molecule has 11 heteroatoms. The predicted octanol–water partition coefficient (Wildman–Crippen LogP) is 2.59. The Morgan fingerprint density at radius 3 is 2.64 bits per heavy atom. The van der Waals surface area contributed by atoms with Gasteiger partial charge in [-0.05, 0) is 37.4 Å². The zero-order valence-corrected chi connectivity index (χ0v) is 19.3. The summed E-state index contributed by atoms with van der Waals surface area (Å²) in [6.45, 7) is 2.24. The number of fused-ring (bicyclic) bond motifs is 2. The van der Waals surface area contributed by atoms with E-state index in [0.29, 0.717) is 47.4 Å². The van der Waals surface area contributed by atoms with Gasteiger partial charge in [-0.3, -0.25) is 10.1 Å². The molecule has 1 N–H and O–H groups in total. The molecule has 0 saturated carbocycles. The van der Waals surface area contributed by atoms with E-state index in [1.807, 2.05) is 7.05 Å². The topological polar surface area (TPSA) is 113 Å². The first kappa shape index (κ1) is 21.7. The van der Waals surface area contributed by atoms with Crippen molar-refractivity contribution in [3.63, 3.8) is 0 Å². The number of likely N-dealkylation sites (N-methyl/N-ethyl adjacent to an activating group) is 1. The minimum absolute atomic E-state index is 0.133. The Bertz CT molecular complexity index is 1540. The SMILES string of the molecule is CN1CCN(S(=O)(=O)c2ccc3nc(NC(=O)c4cc5ccccc5oc4=O)sc3c2)CC1. The second-order valence-electron chi connectivity index (χ2n) is 7.80. The van der Waals surface area contributed by atoms with E-state index in [1.54, 1.807) is 36.4 Å². The Morgan fingerprint density at radius 2 is 1.85 bits per heavy atom. The maximum atomic E-state index is 13.0. The van der Waals surface area contributed by atoms with Crippen molar-refractivity contribution in [3.8, 4) is 0 Å². The molecule has 1 saturated heterocycles. The molecular formula is C22H20N4O5S2. The normalized spacial score (nSPS) is 15.8. The number of sulfonamides is 1. The Kier molecular flexibility index (Phi) is 5.49. The highest BCUT2D eigenvalue weighted by Gasteiger charge is 2.28. The summed E-state index contributed by atoms with van der Waals surface area (Å²) in [4.78, 5) is 31.6. The van der Waals surface area contributed by atoms with E-state index in [4.69, 9.17) is 4.42 Å². The van der Waals surface area contributed by atoms with Gasteiger partial charge in [0.1, 0.15) is 11.1 Å². The lowest BCUT2D eigenvalue weighted by atomic mass is 10.2. The van der Waals surface area contributed by atoms with E-state index in [9.17, 15) is 18.0 Å². The van der Waals surface area contributed by atoms with Crippen molar-refractivity contribution in [3.05, 3.63) is 64.5 Å². The van der Waals surface area contributed by atoms with Gasteiger partial charge >= 0.3 is 5.63 Å². The van der Waals surface area contributed by atoms with Crippen molar-refractivity contribution in [2.45, 2.75) is 4.90 Å². The number of aromatic nitrogens is 1. The molecule has 0 bridgehead atoms. The molecule has 0 unspecified atom stereocenters. The summed E-state index contributed by atoms with van der Waals surface area (Å²) in [7, 11) is -1.65. The Morgan fingerprint density at radius 1 is 1.09 bits per heavy atom. The van der Waals surface area contributed by atoms with Gasteiger partial charge in [0, 0.05) is 31.6 Å². The summed E-state index contributed by atoms with van der Waals surface area (Å²) < 4.78 is 33.4. The van der Waals surface area contributed by atoms with Crippen molar-refractivity contribution in [2.24, 2.45) is 0 Å². The fourth-order valence-corrected chi connectivity index (χ4v) is 6.10. The van der Waals surface area contributed by atoms with Crippen LogP contribution in [0.1, 0.15) is 10.4 Å². The maximum Gasteiger partial charge on any atom is 0.349 e. The van der Waals surface area contributed by atoms with Gasteiger partial charge in [-0.25, -0.2) is 18.2 Å².